The number of halogens is 1. The number of piperazine rings is 1. The Morgan fingerprint density at radius 3 is 2.65 bits per heavy atom. The van der Waals surface area contributed by atoms with Gasteiger partial charge in [-0.1, -0.05) is 11.6 Å². The second-order valence-electron chi connectivity index (χ2n) is 5.40. The molecule has 0 unspecified atom stereocenters. The monoisotopic (exact) mass is 296 g/mol. The van der Waals surface area contributed by atoms with Crippen LogP contribution in [0.25, 0.3) is 0 Å². The Balaban J connectivity index is 2.09. The van der Waals surface area contributed by atoms with E-state index in [1.54, 1.807) is 25.3 Å². The molecular formula is C15H21ClN2O2. The Morgan fingerprint density at radius 1 is 1.40 bits per heavy atom. The molecule has 5 heteroatoms. The number of carbonyl (C=O) groups excluding carboxylic acids is 1. The topological polar surface area (TPSA) is 41.6 Å². The van der Waals surface area contributed by atoms with Crippen molar-refractivity contribution in [3.05, 3.63) is 28.8 Å². The van der Waals surface area contributed by atoms with Crippen LogP contribution in [0.1, 0.15) is 19.4 Å². The average molecular weight is 297 g/mol. The molecule has 110 valence electrons. The normalized spacial score (nSPS) is 22.7. The van der Waals surface area contributed by atoms with E-state index >= 15 is 0 Å². The Kier molecular flexibility index (Phi) is 4.89. The van der Waals surface area contributed by atoms with Gasteiger partial charge in [-0.2, -0.15) is 0 Å². The third-order valence-corrected chi connectivity index (χ3v) is 3.73. The van der Waals surface area contributed by atoms with E-state index in [0.29, 0.717) is 29.3 Å². The third-order valence-electron chi connectivity index (χ3n) is 3.49. The van der Waals surface area contributed by atoms with Crippen molar-refractivity contribution in [2.24, 2.45) is 0 Å². The first-order valence-corrected chi connectivity index (χ1v) is 7.23. The van der Waals surface area contributed by atoms with Gasteiger partial charge in [0, 0.05) is 35.8 Å². The molecule has 1 aliphatic heterocycles. The standard InChI is InChI=1S/C15H21ClN2O2/c1-10-8-18(9-11(2)17-10)15(19)7-12-6-13(16)4-5-14(12)20-3/h4-6,10-11,17H,7-9H2,1-3H3/t10-,11-/m0/s1. The predicted octanol–water partition coefficient (Wildman–Crippen LogP) is 2.10. The van der Waals surface area contributed by atoms with Crippen LogP contribution in [0.2, 0.25) is 5.02 Å². The van der Waals surface area contributed by atoms with Gasteiger partial charge >= 0.3 is 0 Å². The first kappa shape index (κ1) is 15.1. The molecule has 0 aliphatic carbocycles. The summed E-state index contributed by atoms with van der Waals surface area (Å²) in [4.78, 5) is 14.3. The molecule has 0 bridgehead atoms. The molecule has 0 saturated carbocycles. The fraction of sp³-hybridized carbons (Fsp3) is 0.533. The predicted molar refractivity (Wildman–Crippen MR) is 80.3 cm³/mol. The van der Waals surface area contributed by atoms with Gasteiger partial charge in [-0.05, 0) is 32.0 Å². The average Bonchev–Trinajstić information content (AvgIpc) is 2.37. The Labute approximate surface area is 125 Å². The highest BCUT2D eigenvalue weighted by Crippen LogP contribution is 2.23. The summed E-state index contributed by atoms with van der Waals surface area (Å²) < 4.78 is 5.29. The highest BCUT2D eigenvalue weighted by molar-refractivity contribution is 6.30. The fourth-order valence-electron chi connectivity index (χ4n) is 2.69. The molecule has 1 N–H and O–H groups in total. The van der Waals surface area contributed by atoms with Gasteiger partial charge in [0.1, 0.15) is 5.75 Å². The zero-order valence-electron chi connectivity index (χ0n) is 12.1. The summed E-state index contributed by atoms with van der Waals surface area (Å²) >= 11 is 6.00. The molecular weight excluding hydrogens is 276 g/mol. The van der Waals surface area contributed by atoms with Gasteiger partial charge in [-0.3, -0.25) is 4.79 Å². The van der Waals surface area contributed by atoms with Crippen molar-refractivity contribution in [1.82, 2.24) is 10.2 Å². The number of rotatable bonds is 3. The SMILES string of the molecule is COc1ccc(Cl)cc1CC(=O)N1C[C@H](C)N[C@@H](C)C1. The van der Waals surface area contributed by atoms with Crippen LogP contribution in [0, 0.1) is 0 Å². The first-order valence-electron chi connectivity index (χ1n) is 6.86. The molecule has 2 rings (SSSR count). The second-order valence-corrected chi connectivity index (χ2v) is 5.84. The molecule has 1 aliphatic rings. The number of benzene rings is 1. The van der Waals surface area contributed by atoms with Crippen LogP contribution in [0.5, 0.6) is 5.75 Å². The summed E-state index contributed by atoms with van der Waals surface area (Å²) in [6.45, 7) is 5.67. The molecule has 1 amide bonds. The van der Waals surface area contributed by atoms with E-state index in [-0.39, 0.29) is 5.91 Å². The number of nitrogens with zero attached hydrogens (tertiary/aromatic N) is 1. The maximum absolute atomic E-state index is 12.4. The number of hydrogen-bond acceptors (Lipinski definition) is 3. The summed E-state index contributed by atoms with van der Waals surface area (Å²) in [7, 11) is 1.60. The summed E-state index contributed by atoms with van der Waals surface area (Å²) in [6.07, 6.45) is 0.323. The Morgan fingerprint density at radius 2 is 2.05 bits per heavy atom. The summed E-state index contributed by atoms with van der Waals surface area (Å²) in [5.41, 5.74) is 0.837. The minimum absolute atomic E-state index is 0.116. The van der Waals surface area contributed by atoms with Crippen LogP contribution >= 0.6 is 11.6 Å². The second kappa shape index (κ2) is 6.46. The number of methoxy groups -OCH3 is 1. The molecule has 4 nitrogen and oxygen atoms in total. The van der Waals surface area contributed by atoms with Crippen LogP contribution in [0.4, 0.5) is 0 Å². The van der Waals surface area contributed by atoms with Crippen LogP contribution in [0.15, 0.2) is 18.2 Å². The summed E-state index contributed by atoms with van der Waals surface area (Å²) in [5, 5.41) is 4.04. The van der Waals surface area contributed by atoms with Gasteiger partial charge < -0.3 is 15.0 Å². The molecule has 1 fully saturated rings. The van der Waals surface area contributed by atoms with Gasteiger partial charge in [0.2, 0.25) is 5.91 Å². The number of hydrogen-bond donors (Lipinski definition) is 1. The largest absolute Gasteiger partial charge is 0.496 e. The number of ether oxygens (including phenoxy) is 1. The van der Waals surface area contributed by atoms with Crippen LogP contribution in [-0.2, 0) is 11.2 Å². The van der Waals surface area contributed by atoms with Gasteiger partial charge in [-0.25, -0.2) is 0 Å². The van der Waals surface area contributed by atoms with E-state index in [2.05, 4.69) is 19.2 Å². The smallest absolute Gasteiger partial charge is 0.227 e. The molecule has 0 aromatic heterocycles. The zero-order chi connectivity index (χ0) is 14.7. The van der Waals surface area contributed by atoms with Crippen molar-refractivity contribution in [3.8, 4) is 5.75 Å². The van der Waals surface area contributed by atoms with Crippen molar-refractivity contribution in [1.29, 1.82) is 0 Å². The van der Waals surface area contributed by atoms with Gasteiger partial charge in [0.05, 0.1) is 13.5 Å². The van der Waals surface area contributed by atoms with Crippen LogP contribution in [-0.4, -0.2) is 43.1 Å². The van der Waals surface area contributed by atoms with Crippen molar-refractivity contribution in [2.75, 3.05) is 20.2 Å². The lowest BCUT2D eigenvalue weighted by Gasteiger charge is -2.36. The number of nitrogens with one attached hydrogen (secondary N) is 1. The molecule has 1 aromatic rings. The molecule has 20 heavy (non-hydrogen) atoms. The molecule has 1 aromatic carbocycles. The van der Waals surface area contributed by atoms with Crippen LogP contribution < -0.4 is 10.1 Å². The van der Waals surface area contributed by atoms with Crippen molar-refractivity contribution in [2.45, 2.75) is 32.4 Å². The number of carbonyl (C=O) groups is 1. The Hall–Kier alpha value is -1.26. The quantitative estimate of drug-likeness (QED) is 0.929. The lowest BCUT2D eigenvalue weighted by Crippen LogP contribution is -2.56. The molecule has 0 radical (unpaired) electrons. The van der Waals surface area contributed by atoms with Crippen LogP contribution in [0.3, 0.4) is 0 Å². The minimum atomic E-state index is 0.116. The van der Waals surface area contributed by atoms with Gasteiger partial charge in [0.25, 0.3) is 0 Å². The van der Waals surface area contributed by atoms with E-state index in [1.807, 2.05) is 4.90 Å². The molecule has 0 spiro atoms. The minimum Gasteiger partial charge on any atom is -0.496 e. The summed E-state index contributed by atoms with van der Waals surface area (Å²) in [5.74, 6) is 0.824. The molecule has 1 saturated heterocycles. The fourth-order valence-corrected chi connectivity index (χ4v) is 2.89. The van der Waals surface area contributed by atoms with Gasteiger partial charge in [0.15, 0.2) is 0 Å². The maximum Gasteiger partial charge on any atom is 0.227 e. The molecule has 2 atom stereocenters. The third kappa shape index (κ3) is 3.64. The lowest BCUT2D eigenvalue weighted by molar-refractivity contribution is -0.132. The highest BCUT2D eigenvalue weighted by Gasteiger charge is 2.25. The highest BCUT2D eigenvalue weighted by atomic mass is 35.5. The van der Waals surface area contributed by atoms with E-state index in [4.69, 9.17) is 16.3 Å². The summed E-state index contributed by atoms with van der Waals surface area (Å²) in [6, 6.07) is 6.01. The van der Waals surface area contributed by atoms with Gasteiger partial charge in [-0.15, -0.1) is 0 Å². The molecule has 1 heterocycles. The van der Waals surface area contributed by atoms with E-state index in [0.717, 1.165) is 18.7 Å². The van der Waals surface area contributed by atoms with Crippen molar-refractivity contribution >= 4 is 17.5 Å². The van der Waals surface area contributed by atoms with Crippen molar-refractivity contribution < 1.29 is 9.53 Å². The lowest BCUT2D eigenvalue weighted by atomic mass is 10.1. The van der Waals surface area contributed by atoms with E-state index in [1.165, 1.54) is 0 Å². The zero-order valence-corrected chi connectivity index (χ0v) is 12.9. The number of amides is 1. The van der Waals surface area contributed by atoms with E-state index < -0.39 is 0 Å². The van der Waals surface area contributed by atoms with Crippen molar-refractivity contribution in [3.63, 3.8) is 0 Å². The van der Waals surface area contributed by atoms with E-state index in [9.17, 15) is 4.79 Å². The maximum atomic E-state index is 12.4. The Bertz CT molecular complexity index is 483. The first-order chi connectivity index (χ1) is 9.49.